The lowest BCUT2D eigenvalue weighted by Crippen LogP contribution is -2.21. The maximum Gasteiger partial charge on any atom is 0.246 e. The number of aromatic nitrogens is 4. The lowest BCUT2D eigenvalue weighted by atomic mass is 10.2. The highest BCUT2D eigenvalue weighted by Crippen LogP contribution is 2.21. The van der Waals surface area contributed by atoms with Crippen molar-refractivity contribution in [3.05, 3.63) is 63.7 Å². The van der Waals surface area contributed by atoms with E-state index in [1.54, 1.807) is 4.68 Å². The van der Waals surface area contributed by atoms with Gasteiger partial charge < -0.3 is 5.32 Å². The minimum absolute atomic E-state index is 0.117. The molecule has 1 N–H and O–H groups in total. The van der Waals surface area contributed by atoms with Crippen molar-refractivity contribution in [1.29, 1.82) is 0 Å². The van der Waals surface area contributed by atoms with Crippen LogP contribution in [0.15, 0.2) is 30.3 Å². The summed E-state index contributed by atoms with van der Waals surface area (Å²) in [6, 6.07) is 9.62. The molecule has 7 heteroatoms. The summed E-state index contributed by atoms with van der Waals surface area (Å²) in [7, 11) is 0. The topological polar surface area (TPSA) is 64.7 Å². The molecule has 0 atom stereocenters. The molecule has 0 aliphatic rings. The first-order valence-electron chi connectivity index (χ1n) is 8.43. The number of halogens is 1. The molecule has 0 saturated heterocycles. The summed E-state index contributed by atoms with van der Waals surface area (Å²) in [5.74, 6) is -0.117. The Morgan fingerprint density at radius 1 is 1.08 bits per heavy atom. The largest absolute Gasteiger partial charge is 0.321 e. The Balaban J connectivity index is 1.74. The smallest absolute Gasteiger partial charge is 0.246 e. The van der Waals surface area contributed by atoms with Gasteiger partial charge in [0.15, 0.2) is 0 Å². The molecule has 2 heterocycles. The lowest BCUT2D eigenvalue weighted by molar-refractivity contribution is -0.116. The molecule has 0 fully saturated rings. The van der Waals surface area contributed by atoms with Gasteiger partial charge >= 0.3 is 0 Å². The van der Waals surface area contributed by atoms with Crippen LogP contribution in [-0.4, -0.2) is 25.5 Å². The number of carbonyl (C=O) groups excluding carboxylic acids is 1. The van der Waals surface area contributed by atoms with Crippen LogP contribution in [-0.2, 0) is 17.9 Å². The number of nitrogens with one attached hydrogen (secondary N) is 1. The molecule has 1 aromatic carbocycles. The van der Waals surface area contributed by atoms with Crippen molar-refractivity contribution in [2.75, 3.05) is 5.32 Å². The van der Waals surface area contributed by atoms with E-state index in [4.69, 9.17) is 11.6 Å². The van der Waals surface area contributed by atoms with E-state index in [0.29, 0.717) is 11.6 Å². The number of amides is 1. The molecule has 136 valence electrons. The number of hydrogen-bond donors (Lipinski definition) is 1. The van der Waals surface area contributed by atoms with Gasteiger partial charge in [-0.15, -0.1) is 0 Å². The van der Waals surface area contributed by atoms with Gasteiger partial charge in [0, 0.05) is 10.7 Å². The Kier molecular flexibility index (Phi) is 5.13. The second kappa shape index (κ2) is 7.33. The van der Waals surface area contributed by atoms with Crippen LogP contribution in [0, 0.1) is 27.7 Å². The van der Waals surface area contributed by atoms with Crippen molar-refractivity contribution in [2.24, 2.45) is 0 Å². The van der Waals surface area contributed by atoms with Crippen LogP contribution in [0.3, 0.4) is 0 Å². The second-order valence-corrected chi connectivity index (χ2v) is 6.90. The fraction of sp³-hybridized carbons (Fsp3) is 0.316. The van der Waals surface area contributed by atoms with E-state index in [2.05, 4.69) is 15.5 Å². The van der Waals surface area contributed by atoms with Crippen molar-refractivity contribution in [3.8, 4) is 0 Å². The molecule has 0 spiro atoms. The third kappa shape index (κ3) is 3.96. The number of aryl methyl sites for hydroxylation is 3. The zero-order chi connectivity index (χ0) is 18.8. The summed E-state index contributed by atoms with van der Waals surface area (Å²) in [5, 5.41) is 12.6. The third-order valence-corrected chi connectivity index (χ3v) is 4.54. The van der Waals surface area contributed by atoms with E-state index in [1.807, 2.05) is 62.7 Å². The monoisotopic (exact) mass is 371 g/mol. The summed E-state index contributed by atoms with van der Waals surface area (Å²) < 4.78 is 3.59. The number of carbonyl (C=O) groups is 1. The van der Waals surface area contributed by atoms with E-state index >= 15 is 0 Å². The summed E-state index contributed by atoms with van der Waals surface area (Å²) in [4.78, 5) is 12.4. The van der Waals surface area contributed by atoms with E-state index in [9.17, 15) is 4.79 Å². The highest BCUT2D eigenvalue weighted by molar-refractivity contribution is 6.30. The molecule has 0 unspecified atom stereocenters. The second-order valence-electron chi connectivity index (χ2n) is 6.46. The lowest BCUT2D eigenvalue weighted by Gasteiger charge is -2.08. The molecule has 1 amide bonds. The third-order valence-electron chi connectivity index (χ3n) is 4.29. The van der Waals surface area contributed by atoms with Crippen molar-refractivity contribution in [2.45, 2.75) is 40.8 Å². The first-order valence-corrected chi connectivity index (χ1v) is 8.80. The summed E-state index contributed by atoms with van der Waals surface area (Å²) in [6.07, 6.45) is 0. The number of rotatable bonds is 5. The molecule has 0 saturated carbocycles. The van der Waals surface area contributed by atoms with Gasteiger partial charge in [-0.2, -0.15) is 10.2 Å². The van der Waals surface area contributed by atoms with Gasteiger partial charge in [-0.05, 0) is 51.5 Å². The Morgan fingerprint density at radius 3 is 2.38 bits per heavy atom. The Morgan fingerprint density at radius 2 is 1.77 bits per heavy atom. The molecule has 6 nitrogen and oxygen atoms in total. The minimum Gasteiger partial charge on any atom is -0.321 e. The minimum atomic E-state index is -0.117. The van der Waals surface area contributed by atoms with Crippen LogP contribution in [0.25, 0.3) is 0 Å². The Bertz CT molecular complexity index is 940. The van der Waals surface area contributed by atoms with Crippen LogP contribution >= 0.6 is 11.6 Å². The SMILES string of the molecule is Cc1cc(C)n(CC(=O)Nc2c(C)nn(Cc3ccc(Cl)cc3)c2C)n1. The predicted molar refractivity (Wildman–Crippen MR) is 103 cm³/mol. The van der Waals surface area contributed by atoms with Crippen molar-refractivity contribution in [1.82, 2.24) is 19.6 Å². The van der Waals surface area contributed by atoms with Crippen molar-refractivity contribution >= 4 is 23.2 Å². The summed E-state index contributed by atoms with van der Waals surface area (Å²) >= 11 is 5.93. The summed E-state index contributed by atoms with van der Waals surface area (Å²) in [5.41, 5.74) is 5.42. The molecule has 3 rings (SSSR count). The molecule has 26 heavy (non-hydrogen) atoms. The van der Waals surface area contributed by atoms with E-state index < -0.39 is 0 Å². The van der Waals surface area contributed by atoms with E-state index in [-0.39, 0.29) is 12.5 Å². The molecule has 2 aromatic heterocycles. The molecular weight excluding hydrogens is 350 g/mol. The number of hydrogen-bond acceptors (Lipinski definition) is 3. The predicted octanol–water partition coefficient (Wildman–Crippen LogP) is 3.65. The van der Waals surface area contributed by atoms with Gasteiger partial charge in [-0.3, -0.25) is 14.2 Å². The van der Waals surface area contributed by atoms with Crippen molar-refractivity contribution < 1.29 is 4.79 Å². The van der Waals surface area contributed by atoms with Crippen LogP contribution in [0.2, 0.25) is 5.02 Å². The number of anilines is 1. The van der Waals surface area contributed by atoms with Crippen LogP contribution in [0.5, 0.6) is 0 Å². The van der Waals surface area contributed by atoms with Crippen LogP contribution < -0.4 is 5.32 Å². The highest BCUT2D eigenvalue weighted by atomic mass is 35.5. The number of benzene rings is 1. The zero-order valence-electron chi connectivity index (χ0n) is 15.4. The van der Waals surface area contributed by atoms with E-state index in [1.165, 1.54) is 0 Å². The first-order chi connectivity index (χ1) is 12.3. The molecule has 0 aliphatic carbocycles. The summed E-state index contributed by atoms with van der Waals surface area (Å²) in [6.45, 7) is 8.50. The fourth-order valence-corrected chi connectivity index (χ4v) is 3.07. The van der Waals surface area contributed by atoms with Crippen molar-refractivity contribution in [3.63, 3.8) is 0 Å². The van der Waals surface area contributed by atoms with Gasteiger partial charge in [-0.25, -0.2) is 0 Å². The van der Waals surface area contributed by atoms with Crippen LogP contribution in [0.4, 0.5) is 5.69 Å². The molecule has 0 aliphatic heterocycles. The first kappa shape index (κ1) is 18.2. The molecule has 0 radical (unpaired) electrons. The molecule has 3 aromatic rings. The van der Waals surface area contributed by atoms with Gasteiger partial charge in [0.05, 0.1) is 29.3 Å². The highest BCUT2D eigenvalue weighted by Gasteiger charge is 2.15. The quantitative estimate of drug-likeness (QED) is 0.744. The number of nitrogens with zero attached hydrogens (tertiary/aromatic N) is 4. The van der Waals surface area contributed by atoms with Gasteiger partial charge in [0.2, 0.25) is 5.91 Å². The zero-order valence-corrected chi connectivity index (χ0v) is 16.1. The van der Waals surface area contributed by atoms with Gasteiger partial charge in [0.25, 0.3) is 0 Å². The normalized spacial score (nSPS) is 11.0. The maximum atomic E-state index is 12.4. The maximum absolute atomic E-state index is 12.4. The average molecular weight is 372 g/mol. The van der Waals surface area contributed by atoms with E-state index in [0.717, 1.165) is 34.0 Å². The Labute approximate surface area is 157 Å². The van der Waals surface area contributed by atoms with Crippen LogP contribution in [0.1, 0.15) is 28.3 Å². The standard InChI is InChI=1S/C19H22ClN5O/c1-12-9-13(2)24(22-12)11-18(26)21-19-14(3)23-25(15(19)4)10-16-5-7-17(20)8-6-16/h5-9H,10-11H2,1-4H3,(H,21,26). The molecular formula is C19H22ClN5O. The Hall–Kier alpha value is -2.60. The van der Waals surface area contributed by atoms with Gasteiger partial charge in [0.1, 0.15) is 6.54 Å². The van der Waals surface area contributed by atoms with Gasteiger partial charge in [-0.1, -0.05) is 23.7 Å². The fourth-order valence-electron chi connectivity index (χ4n) is 2.94. The average Bonchev–Trinajstić information content (AvgIpc) is 3.02. The molecule has 0 bridgehead atoms.